The highest BCUT2D eigenvalue weighted by molar-refractivity contribution is 5.83. The second kappa shape index (κ2) is 11.2. The van der Waals surface area contributed by atoms with Gasteiger partial charge in [-0.2, -0.15) is 0 Å². The van der Waals surface area contributed by atoms with Gasteiger partial charge >= 0.3 is 0 Å². The Hall–Kier alpha value is -3.54. The van der Waals surface area contributed by atoms with Crippen LogP contribution in [-0.4, -0.2) is 24.5 Å². The summed E-state index contributed by atoms with van der Waals surface area (Å²) < 4.78 is 22.6. The van der Waals surface area contributed by atoms with Crippen molar-refractivity contribution in [1.82, 2.24) is 4.98 Å². The van der Waals surface area contributed by atoms with Crippen molar-refractivity contribution in [3.05, 3.63) is 71.8 Å². The van der Waals surface area contributed by atoms with E-state index in [1.54, 1.807) is 7.11 Å². The lowest BCUT2D eigenvalue weighted by atomic mass is 10.1. The first-order valence-electron chi connectivity index (χ1n) is 10.8. The maximum Gasteiger partial charge on any atom is 0.226 e. The predicted molar refractivity (Wildman–Crippen MR) is 123 cm³/mol. The number of hydrogen-bond acceptors (Lipinski definition) is 6. The van der Waals surface area contributed by atoms with E-state index in [1.165, 1.54) is 6.26 Å². The Balaban J connectivity index is 1.73. The molecule has 3 rings (SSSR count). The third-order valence-electron chi connectivity index (χ3n) is 4.91. The number of para-hydroxylation sites is 1. The summed E-state index contributed by atoms with van der Waals surface area (Å²) in [4.78, 5) is 17.1. The first kappa shape index (κ1) is 23.1. The maximum absolute atomic E-state index is 12.6. The van der Waals surface area contributed by atoms with Crippen LogP contribution in [0, 0.1) is 0 Å². The molecule has 1 aromatic heterocycles. The predicted octanol–water partition coefficient (Wildman–Crippen LogP) is 5.80. The monoisotopic (exact) mass is 435 g/mol. The molecule has 0 bridgehead atoms. The van der Waals surface area contributed by atoms with Gasteiger partial charge in [-0.05, 0) is 44.2 Å². The Kier molecular flexibility index (Phi) is 8.08. The second-order valence-corrected chi connectivity index (χ2v) is 7.15. The SMILES string of the molecule is CC=C(CC)Oc1cc(-c2nc(CC(=O)Cc3ccccc3OCC)co2)ccc1OC. The molecule has 2 aromatic carbocycles. The summed E-state index contributed by atoms with van der Waals surface area (Å²) in [5, 5.41) is 0. The van der Waals surface area contributed by atoms with Crippen molar-refractivity contribution in [2.45, 2.75) is 40.0 Å². The van der Waals surface area contributed by atoms with Crippen molar-refractivity contribution in [3.63, 3.8) is 0 Å². The number of allylic oxidation sites excluding steroid dienone is 2. The van der Waals surface area contributed by atoms with Crippen LogP contribution in [0.3, 0.4) is 0 Å². The minimum atomic E-state index is 0.0384. The fraction of sp³-hybridized carbons (Fsp3) is 0.308. The van der Waals surface area contributed by atoms with Gasteiger partial charge < -0.3 is 18.6 Å². The lowest BCUT2D eigenvalue weighted by Gasteiger charge is -2.12. The third-order valence-corrected chi connectivity index (χ3v) is 4.91. The van der Waals surface area contributed by atoms with Crippen molar-refractivity contribution < 1.29 is 23.4 Å². The molecule has 6 nitrogen and oxygen atoms in total. The number of carbonyl (C=O) groups is 1. The molecule has 0 N–H and O–H groups in total. The third kappa shape index (κ3) is 5.78. The number of rotatable bonds is 11. The Morgan fingerprint density at radius 2 is 1.88 bits per heavy atom. The molecule has 0 amide bonds. The number of hydrogen-bond donors (Lipinski definition) is 0. The number of oxazole rings is 1. The van der Waals surface area contributed by atoms with Crippen molar-refractivity contribution in [3.8, 4) is 28.7 Å². The van der Waals surface area contributed by atoms with Gasteiger partial charge in [0.1, 0.15) is 17.8 Å². The highest BCUT2D eigenvalue weighted by atomic mass is 16.5. The van der Waals surface area contributed by atoms with E-state index in [-0.39, 0.29) is 18.6 Å². The molecule has 6 heteroatoms. The number of benzene rings is 2. The molecular weight excluding hydrogens is 406 g/mol. The second-order valence-electron chi connectivity index (χ2n) is 7.15. The molecule has 0 spiro atoms. The molecule has 0 unspecified atom stereocenters. The van der Waals surface area contributed by atoms with Crippen molar-refractivity contribution >= 4 is 5.78 Å². The number of Topliss-reactive ketones (excluding diaryl/α,β-unsaturated/α-hetero) is 1. The van der Waals surface area contributed by atoms with Gasteiger partial charge in [-0.15, -0.1) is 0 Å². The summed E-state index contributed by atoms with van der Waals surface area (Å²) in [6.45, 7) is 6.43. The molecule has 0 saturated carbocycles. The summed E-state index contributed by atoms with van der Waals surface area (Å²) >= 11 is 0. The normalized spacial score (nSPS) is 11.3. The molecule has 1 heterocycles. The van der Waals surface area contributed by atoms with Gasteiger partial charge in [0.15, 0.2) is 11.5 Å². The molecule has 0 saturated heterocycles. The molecule has 3 aromatic rings. The van der Waals surface area contributed by atoms with E-state index in [0.717, 1.165) is 29.1 Å². The van der Waals surface area contributed by atoms with Crippen LogP contribution >= 0.6 is 0 Å². The molecular formula is C26H29NO5. The molecule has 0 aliphatic heterocycles. The van der Waals surface area contributed by atoms with Crippen LogP contribution in [0.15, 0.2) is 65.0 Å². The van der Waals surface area contributed by atoms with Crippen molar-refractivity contribution in [2.24, 2.45) is 0 Å². The Morgan fingerprint density at radius 3 is 2.59 bits per heavy atom. The van der Waals surface area contributed by atoms with Crippen LogP contribution in [0.2, 0.25) is 0 Å². The van der Waals surface area contributed by atoms with E-state index in [0.29, 0.717) is 29.7 Å². The zero-order chi connectivity index (χ0) is 22.9. The van der Waals surface area contributed by atoms with E-state index in [4.69, 9.17) is 18.6 Å². The largest absolute Gasteiger partial charge is 0.494 e. The van der Waals surface area contributed by atoms with Gasteiger partial charge in [-0.3, -0.25) is 4.79 Å². The number of ketones is 1. The van der Waals surface area contributed by atoms with Gasteiger partial charge in [0.2, 0.25) is 5.89 Å². The molecule has 0 radical (unpaired) electrons. The fourth-order valence-corrected chi connectivity index (χ4v) is 3.31. The van der Waals surface area contributed by atoms with Crippen LogP contribution in [0.1, 0.15) is 38.4 Å². The molecule has 32 heavy (non-hydrogen) atoms. The Morgan fingerprint density at radius 1 is 1.06 bits per heavy atom. The van der Waals surface area contributed by atoms with Crippen LogP contribution in [0.5, 0.6) is 17.2 Å². The van der Waals surface area contributed by atoms with Gasteiger partial charge in [0.05, 0.1) is 31.6 Å². The summed E-state index contributed by atoms with van der Waals surface area (Å²) in [6.07, 6.45) is 4.67. The van der Waals surface area contributed by atoms with Gasteiger partial charge in [0, 0.05) is 24.0 Å². The van der Waals surface area contributed by atoms with Gasteiger partial charge in [-0.25, -0.2) is 4.98 Å². The molecule has 168 valence electrons. The smallest absolute Gasteiger partial charge is 0.226 e. The lowest BCUT2D eigenvalue weighted by Crippen LogP contribution is -2.08. The van der Waals surface area contributed by atoms with Crippen LogP contribution in [-0.2, 0) is 17.6 Å². The van der Waals surface area contributed by atoms with E-state index in [9.17, 15) is 4.79 Å². The first-order chi connectivity index (χ1) is 15.6. The zero-order valence-electron chi connectivity index (χ0n) is 19.0. The first-order valence-corrected chi connectivity index (χ1v) is 10.8. The molecule has 0 aliphatic carbocycles. The lowest BCUT2D eigenvalue weighted by molar-refractivity contribution is -0.117. The van der Waals surface area contributed by atoms with Crippen LogP contribution in [0.4, 0.5) is 0 Å². The topological polar surface area (TPSA) is 70.8 Å². The number of carbonyl (C=O) groups excluding carboxylic acids is 1. The average molecular weight is 436 g/mol. The molecule has 0 fully saturated rings. The van der Waals surface area contributed by atoms with E-state index < -0.39 is 0 Å². The highest BCUT2D eigenvalue weighted by Gasteiger charge is 2.15. The zero-order valence-corrected chi connectivity index (χ0v) is 19.0. The van der Waals surface area contributed by atoms with E-state index in [1.807, 2.05) is 69.3 Å². The molecule has 0 aliphatic rings. The maximum atomic E-state index is 12.6. The number of methoxy groups -OCH3 is 1. The Labute approximate surface area is 188 Å². The minimum Gasteiger partial charge on any atom is -0.494 e. The molecule has 0 atom stereocenters. The summed E-state index contributed by atoms with van der Waals surface area (Å²) in [5.74, 6) is 3.25. The number of ether oxygens (including phenoxy) is 3. The summed E-state index contributed by atoms with van der Waals surface area (Å²) in [5.41, 5.74) is 2.20. The van der Waals surface area contributed by atoms with E-state index >= 15 is 0 Å². The van der Waals surface area contributed by atoms with Gasteiger partial charge in [-0.1, -0.05) is 25.1 Å². The number of aromatic nitrogens is 1. The quantitative estimate of drug-likeness (QED) is 0.355. The fourth-order valence-electron chi connectivity index (χ4n) is 3.31. The standard InChI is InChI=1S/C26H29NO5/c1-5-22(6-2)32-25-15-19(12-13-24(25)29-4)26-27-20(17-31-26)16-21(28)14-18-10-8-9-11-23(18)30-7-3/h5,8-13,15,17H,6-7,14,16H2,1-4H3. The van der Waals surface area contributed by atoms with Crippen molar-refractivity contribution in [2.75, 3.05) is 13.7 Å². The van der Waals surface area contributed by atoms with Crippen LogP contribution in [0.25, 0.3) is 11.5 Å². The van der Waals surface area contributed by atoms with E-state index in [2.05, 4.69) is 4.98 Å². The Bertz CT molecular complexity index is 1080. The van der Waals surface area contributed by atoms with Gasteiger partial charge in [0.25, 0.3) is 0 Å². The van der Waals surface area contributed by atoms with Crippen LogP contribution < -0.4 is 14.2 Å². The average Bonchev–Trinajstić information content (AvgIpc) is 3.27. The number of nitrogens with zero attached hydrogens (tertiary/aromatic N) is 1. The summed E-state index contributed by atoms with van der Waals surface area (Å²) in [7, 11) is 1.60. The highest BCUT2D eigenvalue weighted by Crippen LogP contribution is 2.34. The summed E-state index contributed by atoms with van der Waals surface area (Å²) in [6, 6.07) is 13.1. The van der Waals surface area contributed by atoms with Crippen molar-refractivity contribution in [1.29, 1.82) is 0 Å². The minimum absolute atomic E-state index is 0.0384.